The fraction of sp³-hybridized carbons (Fsp3) is 0.438. The Bertz CT molecular complexity index is 882. The minimum Gasteiger partial charge on any atom is -0.497 e. The summed E-state index contributed by atoms with van der Waals surface area (Å²) in [7, 11) is 0.982. The van der Waals surface area contributed by atoms with E-state index in [0.717, 1.165) is 12.0 Å². The van der Waals surface area contributed by atoms with Gasteiger partial charge < -0.3 is 14.0 Å². The minimum absolute atomic E-state index is 0.104. The zero-order valence-electron chi connectivity index (χ0n) is 14.3. The Kier molecular flexibility index (Phi) is 4.95. The van der Waals surface area contributed by atoms with E-state index in [4.69, 9.17) is 21.1 Å². The third kappa shape index (κ3) is 3.09. The molecule has 0 bridgehead atoms. The predicted molar refractivity (Wildman–Crippen MR) is 93.6 cm³/mol. The Morgan fingerprint density at radius 1 is 1.28 bits per heavy atom. The van der Waals surface area contributed by atoms with E-state index < -0.39 is 10.0 Å². The van der Waals surface area contributed by atoms with Gasteiger partial charge in [0.1, 0.15) is 16.7 Å². The molecule has 1 saturated heterocycles. The molecule has 0 amide bonds. The number of rotatable bonds is 5. The van der Waals surface area contributed by atoms with Crippen LogP contribution in [0.25, 0.3) is 0 Å². The van der Waals surface area contributed by atoms with Crippen molar-refractivity contribution in [3.8, 4) is 11.5 Å². The van der Waals surface area contributed by atoms with Crippen molar-refractivity contribution in [2.24, 2.45) is 7.05 Å². The van der Waals surface area contributed by atoms with Crippen molar-refractivity contribution in [3.05, 3.63) is 35.2 Å². The molecule has 1 aromatic heterocycles. The lowest BCUT2D eigenvalue weighted by atomic mass is 10.0. The normalized spacial score (nSPS) is 18.5. The van der Waals surface area contributed by atoms with Gasteiger partial charge in [-0.2, -0.15) is 4.31 Å². The highest BCUT2D eigenvalue weighted by Crippen LogP contribution is 2.41. The van der Waals surface area contributed by atoms with Gasteiger partial charge in [0.05, 0.1) is 26.6 Å². The van der Waals surface area contributed by atoms with Crippen LogP contribution in [0.1, 0.15) is 24.4 Å². The molecule has 3 rings (SSSR count). The van der Waals surface area contributed by atoms with Crippen molar-refractivity contribution in [2.45, 2.75) is 23.9 Å². The lowest BCUT2D eigenvalue weighted by Gasteiger charge is -2.25. The SMILES string of the molecule is COc1ccc(C2CCCN2S(=O)(=O)c2ncn(C)c2Cl)c(OC)c1. The molecule has 1 aliphatic heterocycles. The number of halogens is 1. The standard InChI is InChI=1S/C16H20ClN3O4S/c1-19-10-18-16(15(19)17)25(21,22)20-8-4-5-13(20)12-7-6-11(23-2)9-14(12)24-3/h6-7,9-10,13H,4-5,8H2,1-3H3. The van der Waals surface area contributed by atoms with Crippen LogP contribution in [-0.4, -0.2) is 43.0 Å². The molecule has 0 N–H and O–H groups in total. The second-order valence-corrected chi connectivity index (χ2v) is 8.00. The van der Waals surface area contributed by atoms with Crippen molar-refractivity contribution in [1.29, 1.82) is 0 Å². The number of sulfonamides is 1. The Balaban J connectivity index is 2.02. The van der Waals surface area contributed by atoms with Crippen molar-refractivity contribution in [3.63, 3.8) is 0 Å². The highest BCUT2D eigenvalue weighted by Gasteiger charge is 2.40. The second-order valence-electron chi connectivity index (χ2n) is 5.83. The van der Waals surface area contributed by atoms with Crippen LogP contribution in [-0.2, 0) is 17.1 Å². The molecule has 2 aromatic rings. The van der Waals surface area contributed by atoms with Gasteiger partial charge in [-0.3, -0.25) is 0 Å². The molecule has 25 heavy (non-hydrogen) atoms. The van der Waals surface area contributed by atoms with Gasteiger partial charge in [-0.1, -0.05) is 17.7 Å². The Morgan fingerprint density at radius 3 is 2.64 bits per heavy atom. The number of methoxy groups -OCH3 is 2. The Labute approximate surface area is 152 Å². The van der Waals surface area contributed by atoms with Gasteiger partial charge in [-0.05, 0) is 18.9 Å². The molecule has 7 nitrogen and oxygen atoms in total. The Morgan fingerprint density at radius 2 is 2.04 bits per heavy atom. The number of benzene rings is 1. The molecule has 0 radical (unpaired) electrons. The van der Waals surface area contributed by atoms with E-state index in [9.17, 15) is 8.42 Å². The van der Waals surface area contributed by atoms with Gasteiger partial charge in [0.2, 0.25) is 5.03 Å². The summed E-state index contributed by atoms with van der Waals surface area (Å²) < 4.78 is 39.7. The van der Waals surface area contributed by atoms with Gasteiger partial charge >= 0.3 is 0 Å². The first kappa shape index (κ1) is 18.0. The molecule has 1 aliphatic rings. The molecule has 2 heterocycles. The molecule has 0 aliphatic carbocycles. The minimum atomic E-state index is -3.80. The predicted octanol–water partition coefficient (Wildman–Crippen LogP) is 2.62. The van der Waals surface area contributed by atoms with E-state index >= 15 is 0 Å². The molecular weight excluding hydrogens is 366 g/mol. The summed E-state index contributed by atoms with van der Waals surface area (Å²) in [6, 6.07) is 5.07. The number of ether oxygens (including phenoxy) is 2. The average molecular weight is 386 g/mol. The van der Waals surface area contributed by atoms with E-state index in [1.54, 1.807) is 33.4 Å². The summed E-state index contributed by atoms with van der Waals surface area (Å²) >= 11 is 6.12. The van der Waals surface area contributed by atoms with E-state index in [1.165, 1.54) is 15.2 Å². The lowest BCUT2D eigenvalue weighted by molar-refractivity contribution is 0.360. The van der Waals surface area contributed by atoms with Crippen LogP contribution in [0, 0.1) is 0 Å². The molecule has 1 aromatic carbocycles. The van der Waals surface area contributed by atoms with Crippen molar-refractivity contribution < 1.29 is 17.9 Å². The molecule has 136 valence electrons. The topological polar surface area (TPSA) is 73.7 Å². The molecule has 1 unspecified atom stereocenters. The summed E-state index contributed by atoms with van der Waals surface area (Å²) in [6.07, 6.45) is 2.85. The first-order valence-electron chi connectivity index (χ1n) is 7.80. The summed E-state index contributed by atoms with van der Waals surface area (Å²) in [5, 5.41) is -0.0107. The number of nitrogens with zero attached hydrogens (tertiary/aromatic N) is 3. The maximum absolute atomic E-state index is 13.1. The molecular formula is C16H20ClN3O4S. The largest absolute Gasteiger partial charge is 0.497 e. The summed E-state index contributed by atoms with van der Waals surface area (Å²) in [5.41, 5.74) is 0.802. The zero-order valence-corrected chi connectivity index (χ0v) is 15.8. The number of aryl methyl sites for hydroxylation is 1. The van der Waals surface area contributed by atoms with E-state index in [-0.39, 0.29) is 16.2 Å². The van der Waals surface area contributed by atoms with Gasteiger partial charge in [0, 0.05) is 25.2 Å². The quantitative estimate of drug-likeness (QED) is 0.791. The highest BCUT2D eigenvalue weighted by atomic mass is 35.5. The van der Waals surface area contributed by atoms with Crippen LogP contribution in [0.5, 0.6) is 11.5 Å². The van der Waals surface area contributed by atoms with Crippen LogP contribution >= 0.6 is 11.6 Å². The fourth-order valence-electron chi connectivity index (χ4n) is 3.11. The van der Waals surface area contributed by atoms with E-state index in [1.807, 2.05) is 6.07 Å². The molecule has 9 heteroatoms. The number of imidazole rings is 1. The molecule has 0 saturated carbocycles. The fourth-order valence-corrected chi connectivity index (χ4v) is 5.18. The molecule has 0 spiro atoms. The number of hydrogen-bond acceptors (Lipinski definition) is 5. The monoisotopic (exact) mass is 385 g/mol. The lowest BCUT2D eigenvalue weighted by Crippen LogP contribution is -2.31. The van der Waals surface area contributed by atoms with Gasteiger partial charge in [-0.15, -0.1) is 0 Å². The summed E-state index contributed by atoms with van der Waals surface area (Å²) in [5.74, 6) is 1.25. The maximum Gasteiger partial charge on any atom is 0.264 e. The summed E-state index contributed by atoms with van der Waals surface area (Å²) in [4.78, 5) is 3.98. The maximum atomic E-state index is 13.1. The van der Waals surface area contributed by atoms with E-state index in [2.05, 4.69) is 4.98 Å². The third-order valence-electron chi connectivity index (χ3n) is 4.39. The van der Waals surface area contributed by atoms with Crippen molar-refractivity contribution >= 4 is 21.6 Å². The van der Waals surface area contributed by atoms with Crippen molar-refractivity contribution in [2.75, 3.05) is 20.8 Å². The zero-order chi connectivity index (χ0) is 18.2. The molecule has 1 fully saturated rings. The van der Waals surface area contributed by atoms with Gasteiger partial charge in [0.25, 0.3) is 10.0 Å². The van der Waals surface area contributed by atoms with Crippen LogP contribution in [0.3, 0.4) is 0 Å². The first-order chi connectivity index (χ1) is 11.9. The highest BCUT2D eigenvalue weighted by molar-refractivity contribution is 7.89. The van der Waals surface area contributed by atoms with E-state index in [0.29, 0.717) is 24.5 Å². The summed E-state index contributed by atoms with van der Waals surface area (Å²) in [6.45, 7) is 0.412. The van der Waals surface area contributed by atoms with Crippen LogP contribution in [0.4, 0.5) is 0 Å². The number of hydrogen-bond donors (Lipinski definition) is 0. The smallest absolute Gasteiger partial charge is 0.264 e. The van der Waals surface area contributed by atoms with Crippen LogP contribution in [0.15, 0.2) is 29.6 Å². The third-order valence-corrected chi connectivity index (χ3v) is 6.79. The van der Waals surface area contributed by atoms with Crippen LogP contribution < -0.4 is 9.47 Å². The number of aromatic nitrogens is 2. The second kappa shape index (κ2) is 6.86. The van der Waals surface area contributed by atoms with Gasteiger partial charge in [-0.25, -0.2) is 13.4 Å². The van der Waals surface area contributed by atoms with Crippen molar-refractivity contribution in [1.82, 2.24) is 13.9 Å². The van der Waals surface area contributed by atoms with Gasteiger partial charge in [0.15, 0.2) is 0 Å². The average Bonchev–Trinajstić information content (AvgIpc) is 3.22. The molecule has 1 atom stereocenters. The first-order valence-corrected chi connectivity index (χ1v) is 9.62. The Hall–Kier alpha value is -1.77. The van der Waals surface area contributed by atoms with Crippen LogP contribution in [0.2, 0.25) is 5.15 Å².